The van der Waals surface area contributed by atoms with Gasteiger partial charge in [0.2, 0.25) is 0 Å². The summed E-state index contributed by atoms with van der Waals surface area (Å²) in [5.74, 6) is -1.18. The van der Waals surface area contributed by atoms with E-state index in [-0.39, 0.29) is 20.5 Å². The molecule has 1 saturated heterocycles. The average Bonchev–Trinajstić information content (AvgIpc) is 2.91. The van der Waals surface area contributed by atoms with Crippen LogP contribution in [0.4, 0.5) is 23.2 Å². The largest absolute Gasteiger partial charge is 0.435 e. The molecule has 0 N–H and O–H groups in total. The van der Waals surface area contributed by atoms with Gasteiger partial charge in [0, 0.05) is 11.6 Å². The van der Waals surface area contributed by atoms with Gasteiger partial charge in [-0.25, -0.2) is 0 Å². The number of carbonyl (C=O) groups excluding carboxylic acids is 1. The third-order valence-electron chi connectivity index (χ3n) is 3.80. The molecule has 0 aromatic heterocycles. The predicted molar refractivity (Wildman–Crippen MR) is 107 cm³/mol. The molecule has 0 radical (unpaired) electrons. The Balaban J connectivity index is 1.93. The van der Waals surface area contributed by atoms with Gasteiger partial charge >= 0.3 is 13.2 Å². The fraction of sp³-hybridized carbons (Fsp3) is 0.158. The molecule has 3 rings (SSSR count). The molecular weight excluding hydrogens is 430 g/mol. The maximum Gasteiger partial charge on any atom is 0.387 e. The Kier molecular flexibility index (Phi) is 6.43. The van der Waals surface area contributed by atoms with Crippen LogP contribution in [0.15, 0.2) is 47.4 Å². The summed E-state index contributed by atoms with van der Waals surface area (Å²) in [7, 11) is 0. The van der Waals surface area contributed by atoms with E-state index in [1.165, 1.54) is 17.0 Å². The minimum absolute atomic E-state index is 0.0938. The van der Waals surface area contributed by atoms with E-state index < -0.39 is 24.9 Å². The van der Waals surface area contributed by atoms with Gasteiger partial charge in [0.25, 0.3) is 5.91 Å². The van der Waals surface area contributed by atoms with Gasteiger partial charge in [0.1, 0.15) is 11.5 Å². The predicted octanol–water partition coefficient (Wildman–Crippen LogP) is 5.60. The molecule has 0 atom stereocenters. The number of ether oxygens (including phenoxy) is 2. The molecule has 152 valence electrons. The first-order valence-corrected chi connectivity index (χ1v) is 9.35. The van der Waals surface area contributed by atoms with E-state index in [1.807, 2.05) is 19.1 Å². The summed E-state index contributed by atoms with van der Waals surface area (Å²) >= 11 is 6.26. The monoisotopic (exact) mass is 443 g/mol. The second kappa shape index (κ2) is 8.83. The van der Waals surface area contributed by atoms with Crippen LogP contribution < -0.4 is 14.4 Å². The van der Waals surface area contributed by atoms with Crippen molar-refractivity contribution in [1.29, 1.82) is 0 Å². The minimum atomic E-state index is -3.19. The van der Waals surface area contributed by atoms with Crippen LogP contribution in [-0.4, -0.2) is 23.5 Å². The molecule has 0 saturated carbocycles. The standard InChI is InChI=1S/C19H13F4NO3S2/c1-10-2-5-12(6-3-10)24-16(25)15(29-19(24)28)8-11-4-7-13(26-17(20)21)9-14(11)27-18(22)23/h2-9,17-18H,1H3/b15-8+. The number of thiocarbonyl (C=S) groups is 1. The first-order valence-electron chi connectivity index (χ1n) is 8.13. The first-order chi connectivity index (χ1) is 13.7. The number of thioether (sulfide) groups is 1. The number of benzene rings is 2. The number of rotatable bonds is 6. The summed E-state index contributed by atoms with van der Waals surface area (Å²) in [5.41, 5.74) is 1.68. The van der Waals surface area contributed by atoms with Crippen molar-refractivity contribution >= 4 is 46.0 Å². The molecule has 29 heavy (non-hydrogen) atoms. The van der Waals surface area contributed by atoms with E-state index in [0.29, 0.717) is 5.69 Å². The molecule has 0 aliphatic carbocycles. The lowest BCUT2D eigenvalue weighted by Gasteiger charge is -2.14. The number of amides is 1. The zero-order valence-corrected chi connectivity index (χ0v) is 16.4. The van der Waals surface area contributed by atoms with Crippen molar-refractivity contribution in [3.63, 3.8) is 0 Å². The number of carbonyl (C=O) groups is 1. The smallest absolute Gasteiger partial charge is 0.387 e. The van der Waals surface area contributed by atoms with Gasteiger partial charge in [-0.05, 0) is 37.3 Å². The maximum atomic E-state index is 12.8. The van der Waals surface area contributed by atoms with Gasteiger partial charge in [-0.1, -0.05) is 41.7 Å². The Bertz CT molecular complexity index is 964. The number of hydrogen-bond acceptors (Lipinski definition) is 5. The van der Waals surface area contributed by atoms with Crippen LogP contribution in [0, 0.1) is 6.92 Å². The third kappa shape index (κ3) is 5.07. The van der Waals surface area contributed by atoms with Gasteiger partial charge in [-0.2, -0.15) is 17.6 Å². The fourth-order valence-corrected chi connectivity index (χ4v) is 3.82. The lowest BCUT2D eigenvalue weighted by molar-refractivity contribution is -0.113. The summed E-state index contributed by atoms with van der Waals surface area (Å²) in [6.45, 7) is -4.41. The van der Waals surface area contributed by atoms with E-state index in [0.717, 1.165) is 29.5 Å². The van der Waals surface area contributed by atoms with E-state index >= 15 is 0 Å². The van der Waals surface area contributed by atoms with Gasteiger partial charge in [-0.3, -0.25) is 9.69 Å². The molecule has 0 spiro atoms. The normalized spacial score (nSPS) is 15.7. The molecule has 0 bridgehead atoms. The van der Waals surface area contributed by atoms with Gasteiger partial charge in [-0.15, -0.1) is 0 Å². The quantitative estimate of drug-likeness (QED) is 0.330. The molecule has 0 unspecified atom stereocenters. The van der Waals surface area contributed by atoms with Crippen LogP contribution in [0.25, 0.3) is 6.08 Å². The Hall–Kier alpha value is -2.59. The van der Waals surface area contributed by atoms with Crippen LogP contribution in [0.5, 0.6) is 11.5 Å². The van der Waals surface area contributed by atoms with Gasteiger partial charge in [0.05, 0.1) is 10.6 Å². The molecule has 2 aromatic carbocycles. The topological polar surface area (TPSA) is 38.8 Å². The van der Waals surface area contributed by atoms with Crippen molar-refractivity contribution in [2.45, 2.75) is 20.1 Å². The van der Waals surface area contributed by atoms with Crippen molar-refractivity contribution < 1.29 is 31.8 Å². The van der Waals surface area contributed by atoms with E-state index in [4.69, 9.17) is 12.2 Å². The van der Waals surface area contributed by atoms with Crippen molar-refractivity contribution in [3.8, 4) is 11.5 Å². The molecule has 1 fully saturated rings. The Morgan fingerprint density at radius 2 is 1.69 bits per heavy atom. The molecule has 2 aromatic rings. The number of alkyl halides is 4. The summed E-state index contributed by atoms with van der Waals surface area (Å²) in [4.78, 5) is 14.3. The van der Waals surface area contributed by atoms with Gasteiger partial charge in [0.15, 0.2) is 4.32 Å². The number of hydrogen-bond donors (Lipinski definition) is 0. The Morgan fingerprint density at radius 3 is 2.31 bits per heavy atom. The van der Waals surface area contributed by atoms with Crippen molar-refractivity contribution in [2.75, 3.05) is 4.90 Å². The SMILES string of the molecule is Cc1ccc(N2C(=O)/C(=C\c3ccc(OC(F)F)cc3OC(F)F)SC2=S)cc1. The zero-order chi connectivity index (χ0) is 21.1. The molecule has 10 heteroatoms. The fourth-order valence-electron chi connectivity index (χ4n) is 2.53. The number of anilines is 1. The van der Waals surface area contributed by atoms with Gasteiger partial charge < -0.3 is 9.47 Å². The molecule has 1 aliphatic heterocycles. The van der Waals surface area contributed by atoms with Crippen molar-refractivity contribution in [3.05, 3.63) is 58.5 Å². The van der Waals surface area contributed by atoms with E-state index in [9.17, 15) is 22.4 Å². The highest BCUT2D eigenvalue weighted by atomic mass is 32.2. The lowest BCUT2D eigenvalue weighted by atomic mass is 10.1. The minimum Gasteiger partial charge on any atom is -0.435 e. The van der Waals surface area contributed by atoms with Crippen LogP contribution in [-0.2, 0) is 4.79 Å². The highest BCUT2D eigenvalue weighted by molar-refractivity contribution is 8.27. The number of halogens is 4. The molecule has 1 amide bonds. The second-order valence-corrected chi connectivity index (χ2v) is 7.49. The average molecular weight is 443 g/mol. The second-order valence-electron chi connectivity index (χ2n) is 5.81. The van der Waals surface area contributed by atoms with Crippen molar-refractivity contribution in [2.24, 2.45) is 0 Å². The third-order valence-corrected chi connectivity index (χ3v) is 5.10. The number of aryl methyl sites for hydroxylation is 1. The molecular formula is C19H13F4NO3S2. The van der Waals surface area contributed by atoms with Crippen LogP contribution in [0.1, 0.15) is 11.1 Å². The van der Waals surface area contributed by atoms with E-state index in [1.54, 1.807) is 12.1 Å². The van der Waals surface area contributed by atoms with Crippen molar-refractivity contribution in [1.82, 2.24) is 0 Å². The zero-order valence-electron chi connectivity index (χ0n) is 14.8. The lowest BCUT2D eigenvalue weighted by Crippen LogP contribution is -2.27. The first kappa shape index (κ1) is 21.1. The van der Waals surface area contributed by atoms with Crippen LogP contribution >= 0.6 is 24.0 Å². The number of nitrogens with zero attached hydrogens (tertiary/aromatic N) is 1. The Morgan fingerprint density at radius 1 is 1.03 bits per heavy atom. The van der Waals surface area contributed by atoms with E-state index in [2.05, 4.69) is 9.47 Å². The highest BCUT2D eigenvalue weighted by Crippen LogP contribution is 2.38. The Labute approximate surface area is 173 Å². The molecule has 1 aliphatic rings. The highest BCUT2D eigenvalue weighted by Gasteiger charge is 2.33. The van der Waals surface area contributed by atoms with Crippen LogP contribution in [0.3, 0.4) is 0 Å². The molecule has 1 heterocycles. The molecule has 4 nitrogen and oxygen atoms in total. The summed E-state index contributed by atoms with van der Waals surface area (Å²) in [6.07, 6.45) is 1.32. The summed E-state index contributed by atoms with van der Waals surface area (Å²) in [5, 5.41) is 0. The van der Waals surface area contributed by atoms with Crippen LogP contribution in [0.2, 0.25) is 0 Å². The summed E-state index contributed by atoms with van der Waals surface area (Å²) < 4.78 is 59.1. The maximum absolute atomic E-state index is 12.8. The summed E-state index contributed by atoms with van der Waals surface area (Å²) in [6, 6.07) is 10.5.